The van der Waals surface area contributed by atoms with Crippen LogP contribution in [0.3, 0.4) is 0 Å². The Morgan fingerprint density at radius 1 is 1.10 bits per heavy atom. The van der Waals surface area contributed by atoms with Crippen LogP contribution in [-0.2, 0) is 11.8 Å². The van der Waals surface area contributed by atoms with Crippen molar-refractivity contribution < 1.29 is 9.18 Å². The summed E-state index contributed by atoms with van der Waals surface area (Å²) in [6.45, 7) is 6.14. The van der Waals surface area contributed by atoms with Gasteiger partial charge in [0.2, 0.25) is 5.91 Å². The van der Waals surface area contributed by atoms with E-state index in [2.05, 4.69) is 41.1 Å². The van der Waals surface area contributed by atoms with Gasteiger partial charge in [-0.2, -0.15) is 0 Å². The van der Waals surface area contributed by atoms with Crippen LogP contribution in [0.15, 0.2) is 53.7 Å². The van der Waals surface area contributed by atoms with Crippen LogP contribution in [0.2, 0.25) is 0 Å². The standard InChI is InChI=1S/C21H24FN5OS/c1-4-27(5-2)17-12-8-15(9-13-17)20-24-25-21(26(20)3)29-18(19(23)28)14-6-10-16(22)11-7-14/h6-13,18H,4-5H2,1-3H3,(H2,23,28)/t18-/m0/s1. The number of thioether (sulfide) groups is 1. The molecule has 0 radical (unpaired) electrons. The molecule has 0 saturated heterocycles. The van der Waals surface area contributed by atoms with Gasteiger partial charge in [0.25, 0.3) is 0 Å². The van der Waals surface area contributed by atoms with Crippen molar-refractivity contribution >= 4 is 23.4 Å². The average Bonchev–Trinajstić information content (AvgIpc) is 3.08. The number of rotatable bonds is 8. The first-order valence-corrected chi connectivity index (χ1v) is 10.3. The summed E-state index contributed by atoms with van der Waals surface area (Å²) < 4.78 is 15.0. The van der Waals surface area contributed by atoms with Gasteiger partial charge in [-0.3, -0.25) is 4.79 Å². The lowest BCUT2D eigenvalue weighted by Gasteiger charge is -2.21. The number of carbonyl (C=O) groups is 1. The van der Waals surface area contributed by atoms with Gasteiger partial charge >= 0.3 is 0 Å². The van der Waals surface area contributed by atoms with Crippen molar-refractivity contribution in [2.45, 2.75) is 24.3 Å². The third-order valence-corrected chi connectivity index (χ3v) is 6.05. The van der Waals surface area contributed by atoms with E-state index in [4.69, 9.17) is 5.73 Å². The molecule has 152 valence electrons. The molecule has 8 heteroatoms. The monoisotopic (exact) mass is 413 g/mol. The molecule has 6 nitrogen and oxygen atoms in total. The van der Waals surface area contributed by atoms with Gasteiger partial charge in [-0.05, 0) is 55.8 Å². The first-order chi connectivity index (χ1) is 13.9. The average molecular weight is 414 g/mol. The van der Waals surface area contributed by atoms with E-state index in [0.717, 1.165) is 24.3 Å². The van der Waals surface area contributed by atoms with Gasteiger partial charge < -0.3 is 15.2 Å². The van der Waals surface area contributed by atoms with E-state index >= 15 is 0 Å². The minimum Gasteiger partial charge on any atom is -0.372 e. The predicted octanol–water partition coefficient (Wildman–Crippen LogP) is 3.79. The lowest BCUT2D eigenvalue weighted by molar-refractivity contribution is -0.117. The fourth-order valence-corrected chi connectivity index (χ4v) is 4.07. The molecule has 2 N–H and O–H groups in total. The lowest BCUT2D eigenvalue weighted by atomic mass is 10.1. The summed E-state index contributed by atoms with van der Waals surface area (Å²) in [5.41, 5.74) is 8.28. The molecule has 1 amide bonds. The number of anilines is 1. The molecular formula is C21H24FN5OS. The molecule has 2 aromatic carbocycles. The largest absolute Gasteiger partial charge is 0.372 e. The molecule has 0 aliphatic carbocycles. The summed E-state index contributed by atoms with van der Waals surface area (Å²) in [4.78, 5) is 14.2. The molecular weight excluding hydrogens is 389 g/mol. The van der Waals surface area contributed by atoms with E-state index in [1.165, 1.54) is 23.9 Å². The second kappa shape index (κ2) is 9.09. The number of halogens is 1. The van der Waals surface area contributed by atoms with Crippen molar-refractivity contribution in [1.29, 1.82) is 0 Å². The molecule has 29 heavy (non-hydrogen) atoms. The van der Waals surface area contributed by atoms with Gasteiger partial charge in [0.1, 0.15) is 11.1 Å². The van der Waals surface area contributed by atoms with Crippen molar-refractivity contribution in [3.05, 3.63) is 59.9 Å². The molecule has 3 aromatic rings. The highest BCUT2D eigenvalue weighted by Gasteiger charge is 2.23. The summed E-state index contributed by atoms with van der Waals surface area (Å²) in [7, 11) is 1.85. The highest BCUT2D eigenvalue weighted by atomic mass is 32.2. The lowest BCUT2D eigenvalue weighted by Crippen LogP contribution is -2.21. The highest BCUT2D eigenvalue weighted by Crippen LogP contribution is 2.35. The Bertz CT molecular complexity index is 968. The molecule has 1 atom stereocenters. The zero-order valence-electron chi connectivity index (χ0n) is 16.7. The summed E-state index contributed by atoms with van der Waals surface area (Å²) in [5.74, 6) is -0.188. The third kappa shape index (κ3) is 4.59. The Morgan fingerprint density at radius 2 is 1.72 bits per heavy atom. The fraction of sp³-hybridized carbons (Fsp3) is 0.286. The molecule has 0 saturated carbocycles. The smallest absolute Gasteiger partial charge is 0.235 e. The minimum absolute atomic E-state index is 0.365. The zero-order valence-corrected chi connectivity index (χ0v) is 17.5. The number of primary amides is 1. The molecule has 3 rings (SSSR count). The predicted molar refractivity (Wildman–Crippen MR) is 114 cm³/mol. The number of nitrogens with two attached hydrogens (primary N) is 1. The molecule has 1 aromatic heterocycles. The van der Waals surface area contributed by atoms with Crippen molar-refractivity contribution in [3.8, 4) is 11.4 Å². The topological polar surface area (TPSA) is 77.0 Å². The Morgan fingerprint density at radius 3 is 2.28 bits per heavy atom. The number of carbonyl (C=O) groups excluding carboxylic acids is 1. The normalized spacial score (nSPS) is 12.0. The zero-order chi connectivity index (χ0) is 21.0. The number of hydrogen-bond acceptors (Lipinski definition) is 5. The molecule has 0 spiro atoms. The van der Waals surface area contributed by atoms with Crippen LogP contribution < -0.4 is 10.6 Å². The van der Waals surface area contributed by atoms with Gasteiger partial charge in [-0.1, -0.05) is 23.9 Å². The molecule has 1 heterocycles. The van der Waals surface area contributed by atoms with E-state index in [9.17, 15) is 9.18 Å². The first kappa shape index (κ1) is 20.9. The minimum atomic E-state index is -0.684. The van der Waals surface area contributed by atoms with Gasteiger partial charge in [-0.25, -0.2) is 4.39 Å². The van der Waals surface area contributed by atoms with E-state index in [1.54, 1.807) is 12.1 Å². The first-order valence-electron chi connectivity index (χ1n) is 9.40. The van der Waals surface area contributed by atoms with Gasteiger partial charge in [0.05, 0.1) is 0 Å². The van der Waals surface area contributed by atoms with Crippen molar-refractivity contribution in [1.82, 2.24) is 14.8 Å². The van der Waals surface area contributed by atoms with Crippen LogP contribution in [0.25, 0.3) is 11.4 Å². The van der Waals surface area contributed by atoms with Gasteiger partial charge in [-0.15, -0.1) is 10.2 Å². The van der Waals surface area contributed by atoms with Crippen LogP contribution in [-0.4, -0.2) is 33.8 Å². The summed E-state index contributed by atoms with van der Waals surface area (Å²) >= 11 is 1.20. The number of nitrogens with zero attached hydrogens (tertiary/aromatic N) is 4. The van der Waals surface area contributed by atoms with E-state index in [-0.39, 0.29) is 5.82 Å². The second-order valence-corrected chi connectivity index (χ2v) is 7.61. The molecule has 0 fully saturated rings. The van der Waals surface area contributed by atoms with Gasteiger partial charge in [0, 0.05) is 31.4 Å². The van der Waals surface area contributed by atoms with E-state index < -0.39 is 11.2 Å². The molecule has 0 aliphatic heterocycles. The number of amides is 1. The summed E-state index contributed by atoms with van der Waals surface area (Å²) in [6.07, 6.45) is 0. The van der Waals surface area contributed by atoms with E-state index in [0.29, 0.717) is 16.5 Å². The number of aromatic nitrogens is 3. The van der Waals surface area contributed by atoms with Crippen molar-refractivity contribution in [3.63, 3.8) is 0 Å². The third-order valence-electron chi connectivity index (χ3n) is 4.74. The maximum absolute atomic E-state index is 13.2. The number of benzene rings is 2. The van der Waals surface area contributed by atoms with Crippen LogP contribution in [0, 0.1) is 5.82 Å². The van der Waals surface area contributed by atoms with Crippen LogP contribution >= 0.6 is 11.8 Å². The Kier molecular flexibility index (Phi) is 6.53. The maximum atomic E-state index is 13.2. The van der Waals surface area contributed by atoms with Crippen LogP contribution in [0.5, 0.6) is 0 Å². The van der Waals surface area contributed by atoms with Crippen molar-refractivity contribution in [2.75, 3.05) is 18.0 Å². The Hall–Kier alpha value is -2.87. The summed E-state index contributed by atoms with van der Waals surface area (Å²) in [6, 6.07) is 13.9. The molecule has 0 bridgehead atoms. The van der Waals surface area contributed by atoms with Gasteiger partial charge in [0.15, 0.2) is 11.0 Å². The maximum Gasteiger partial charge on any atom is 0.235 e. The highest BCUT2D eigenvalue weighted by molar-refractivity contribution is 8.00. The van der Waals surface area contributed by atoms with Crippen LogP contribution in [0.1, 0.15) is 24.7 Å². The second-order valence-electron chi connectivity index (χ2n) is 6.54. The molecule has 0 aliphatic rings. The van der Waals surface area contributed by atoms with Crippen LogP contribution in [0.4, 0.5) is 10.1 Å². The SMILES string of the molecule is CCN(CC)c1ccc(-c2nnc(S[C@H](C(N)=O)c3ccc(F)cc3)n2C)cc1. The molecule has 0 unspecified atom stereocenters. The van der Waals surface area contributed by atoms with E-state index in [1.807, 2.05) is 23.7 Å². The Balaban J connectivity index is 1.84. The quantitative estimate of drug-likeness (QED) is 0.569. The number of hydrogen-bond donors (Lipinski definition) is 1. The summed E-state index contributed by atoms with van der Waals surface area (Å²) in [5, 5.41) is 8.39. The Labute approximate surface area is 173 Å². The fourth-order valence-electron chi connectivity index (χ4n) is 3.11. The van der Waals surface area contributed by atoms with Crippen molar-refractivity contribution in [2.24, 2.45) is 12.8 Å².